The highest BCUT2D eigenvalue weighted by Gasteiger charge is 2.36. The third-order valence-corrected chi connectivity index (χ3v) is 6.71. The monoisotopic (exact) mass is 306 g/mol. The Morgan fingerprint density at radius 1 is 1.45 bits per heavy atom. The summed E-state index contributed by atoms with van der Waals surface area (Å²) in [4.78, 5) is 13.0. The highest BCUT2D eigenvalue weighted by molar-refractivity contribution is 8.00. The van der Waals surface area contributed by atoms with Crippen LogP contribution in [-0.2, 0) is 0 Å². The number of thiophene rings is 1. The second kappa shape index (κ2) is 5.30. The van der Waals surface area contributed by atoms with Gasteiger partial charge in [0, 0.05) is 21.4 Å². The second-order valence-electron chi connectivity index (χ2n) is 5.26. The van der Waals surface area contributed by atoms with E-state index in [1.807, 2.05) is 36.0 Å². The lowest BCUT2D eigenvalue weighted by atomic mass is 9.84. The minimum Gasteiger partial charge on any atom is -0.397 e. The van der Waals surface area contributed by atoms with Crippen LogP contribution in [0.1, 0.15) is 28.9 Å². The summed E-state index contributed by atoms with van der Waals surface area (Å²) in [5, 5.41) is 4.04. The molecule has 3 nitrogen and oxygen atoms in total. The molecule has 1 amide bonds. The zero-order valence-corrected chi connectivity index (χ0v) is 13.1. The number of carbonyl (C=O) groups excluding carboxylic acids is 1. The Bertz CT molecular complexity index is 641. The average molecular weight is 306 g/mol. The molecule has 5 heteroatoms. The number of thioether (sulfide) groups is 1. The predicted molar refractivity (Wildman–Crippen MR) is 88.7 cm³/mol. The Morgan fingerprint density at radius 3 is 2.80 bits per heavy atom. The summed E-state index contributed by atoms with van der Waals surface area (Å²) in [6.45, 7) is 0.737. The van der Waals surface area contributed by atoms with Crippen LogP contribution >= 0.6 is 23.1 Å². The molecule has 1 fully saturated rings. The summed E-state index contributed by atoms with van der Waals surface area (Å²) in [6, 6.07) is 7.89. The van der Waals surface area contributed by atoms with Gasteiger partial charge in [-0.3, -0.25) is 4.79 Å². The number of fused-ring (bicyclic) bond motifs is 1. The van der Waals surface area contributed by atoms with Crippen molar-refractivity contribution >= 4 is 44.8 Å². The number of nitrogens with two attached hydrogens (primary N) is 1. The van der Waals surface area contributed by atoms with E-state index in [1.54, 1.807) is 0 Å². The Labute approximate surface area is 126 Å². The molecular weight excluding hydrogens is 288 g/mol. The van der Waals surface area contributed by atoms with Crippen LogP contribution in [0.15, 0.2) is 24.3 Å². The molecule has 0 radical (unpaired) electrons. The number of anilines is 1. The van der Waals surface area contributed by atoms with Crippen LogP contribution in [0, 0.1) is 0 Å². The van der Waals surface area contributed by atoms with Crippen molar-refractivity contribution in [2.45, 2.75) is 24.0 Å². The van der Waals surface area contributed by atoms with E-state index in [-0.39, 0.29) is 10.7 Å². The van der Waals surface area contributed by atoms with Crippen molar-refractivity contribution in [2.75, 3.05) is 18.5 Å². The minimum atomic E-state index is -0.0379. The van der Waals surface area contributed by atoms with E-state index in [2.05, 4.69) is 11.6 Å². The smallest absolute Gasteiger partial charge is 0.263 e. The van der Waals surface area contributed by atoms with Gasteiger partial charge in [-0.05, 0) is 25.2 Å². The van der Waals surface area contributed by atoms with Gasteiger partial charge < -0.3 is 11.1 Å². The van der Waals surface area contributed by atoms with E-state index >= 15 is 0 Å². The van der Waals surface area contributed by atoms with Crippen LogP contribution in [0.4, 0.5) is 5.69 Å². The molecule has 20 heavy (non-hydrogen) atoms. The predicted octanol–water partition coefficient (Wildman–Crippen LogP) is 3.50. The molecule has 1 aromatic heterocycles. The zero-order valence-electron chi connectivity index (χ0n) is 11.4. The van der Waals surface area contributed by atoms with E-state index in [9.17, 15) is 4.79 Å². The van der Waals surface area contributed by atoms with Crippen LogP contribution in [0.2, 0.25) is 0 Å². The topological polar surface area (TPSA) is 55.1 Å². The number of amides is 1. The lowest BCUT2D eigenvalue weighted by molar-refractivity contribution is 0.0949. The van der Waals surface area contributed by atoms with E-state index in [1.165, 1.54) is 30.6 Å². The Hall–Kier alpha value is -1.20. The van der Waals surface area contributed by atoms with Crippen molar-refractivity contribution in [1.82, 2.24) is 5.32 Å². The first-order valence-corrected chi connectivity index (χ1v) is 8.80. The summed E-state index contributed by atoms with van der Waals surface area (Å²) in [7, 11) is 0. The molecule has 0 spiro atoms. The molecule has 1 aliphatic rings. The molecule has 0 saturated heterocycles. The van der Waals surface area contributed by atoms with Crippen LogP contribution < -0.4 is 11.1 Å². The molecule has 106 valence electrons. The first-order chi connectivity index (χ1) is 9.65. The molecule has 0 unspecified atom stereocenters. The quantitative estimate of drug-likeness (QED) is 0.909. The number of benzene rings is 1. The van der Waals surface area contributed by atoms with Crippen molar-refractivity contribution in [3.63, 3.8) is 0 Å². The van der Waals surface area contributed by atoms with Gasteiger partial charge in [0.2, 0.25) is 0 Å². The van der Waals surface area contributed by atoms with Crippen molar-refractivity contribution in [3.8, 4) is 0 Å². The molecule has 0 aliphatic heterocycles. The fourth-order valence-corrected chi connectivity index (χ4v) is 4.53. The molecule has 3 N–H and O–H groups in total. The molecule has 0 bridgehead atoms. The normalized spacial score (nSPS) is 16.9. The molecule has 3 rings (SSSR count). The van der Waals surface area contributed by atoms with Crippen LogP contribution in [0.5, 0.6) is 0 Å². The number of nitrogens with one attached hydrogen (secondary N) is 1. The van der Waals surface area contributed by atoms with Crippen molar-refractivity contribution in [3.05, 3.63) is 29.1 Å². The van der Waals surface area contributed by atoms with E-state index in [0.717, 1.165) is 16.6 Å². The third-order valence-electron chi connectivity index (χ3n) is 4.11. The average Bonchev–Trinajstić information content (AvgIpc) is 2.76. The fourth-order valence-electron chi connectivity index (χ4n) is 2.58. The Balaban J connectivity index is 1.77. The first-order valence-electron chi connectivity index (χ1n) is 6.75. The zero-order chi connectivity index (χ0) is 14.2. The lowest BCUT2D eigenvalue weighted by Gasteiger charge is -2.40. The summed E-state index contributed by atoms with van der Waals surface area (Å²) in [6.07, 6.45) is 5.77. The molecule has 1 heterocycles. The summed E-state index contributed by atoms with van der Waals surface area (Å²) in [5.41, 5.74) is 6.71. The molecule has 1 aliphatic carbocycles. The van der Waals surface area contributed by atoms with Gasteiger partial charge in [0.1, 0.15) is 4.88 Å². The summed E-state index contributed by atoms with van der Waals surface area (Å²) in [5.74, 6) is -0.0379. The molecule has 1 aromatic carbocycles. The summed E-state index contributed by atoms with van der Waals surface area (Å²) < 4.78 is 1.32. The molecular formula is C15H18N2OS2. The van der Waals surface area contributed by atoms with E-state index in [4.69, 9.17) is 5.73 Å². The van der Waals surface area contributed by atoms with Crippen LogP contribution in [0.25, 0.3) is 10.1 Å². The van der Waals surface area contributed by atoms with Gasteiger partial charge in [0.25, 0.3) is 5.91 Å². The van der Waals surface area contributed by atoms with Gasteiger partial charge in [-0.25, -0.2) is 0 Å². The number of carbonyl (C=O) groups is 1. The van der Waals surface area contributed by atoms with Crippen molar-refractivity contribution in [1.29, 1.82) is 0 Å². The largest absolute Gasteiger partial charge is 0.397 e. The van der Waals surface area contributed by atoms with Crippen molar-refractivity contribution < 1.29 is 4.79 Å². The Morgan fingerprint density at radius 2 is 2.20 bits per heavy atom. The van der Waals surface area contributed by atoms with Crippen molar-refractivity contribution in [2.24, 2.45) is 0 Å². The highest BCUT2D eigenvalue weighted by Crippen LogP contribution is 2.42. The van der Waals surface area contributed by atoms with Crippen LogP contribution in [0.3, 0.4) is 0 Å². The third kappa shape index (κ3) is 2.29. The molecule has 1 saturated carbocycles. The van der Waals surface area contributed by atoms with Gasteiger partial charge in [-0.2, -0.15) is 11.8 Å². The number of hydrogen-bond donors (Lipinski definition) is 2. The lowest BCUT2D eigenvalue weighted by Crippen LogP contribution is -2.45. The van der Waals surface area contributed by atoms with E-state index in [0.29, 0.717) is 10.6 Å². The highest BCUT2D eigenvalue weighted by atomic mass is 32.2. The number of rotatable bonds is 4. The standard InChI is InChI=1S/C15H18N2OS2/c1-19-15(7-4-8-15)9-17-14(18)13-12(16)10-5-2-3-6-11(10)20-13/h2-3,5-6H,4,7-9,16H2,1H3,(H,17,18). The molecule has 0 atom stereocenters. The maximum Gasteiger partial charge on any atom is 0.263 e. The number of hydrogen-bond acceptors (Lipinski definition) is 4. The fraction of sp³-hybridized carbons (Fsp3) is 0.400. The van der Waals surface area contributed by atoms with Gasteiger partial charge in [0.05, 0.1) is 5.69 Å². The first kappa shape index (κ1) is 13.8. The SMILES string of the molecule is CSC1(CNC(=O)c2sc3ccccc3c2N)CCC1. The van der Waals surface area contributed by atoms with Gasteiger partial charge >= 0.3 is 0 Å². The summed E-state index contributed by atoms with van der Waals surface area (Å²) >= 11 is 3.33. The maximum absolute atomic E-state index is 12.3. The Kier molecular flexibility index (Phi) is 3.65. The van der Waals surface area contributed by atoms with Gasteiger partial charge in [-0.1, -0.05) is 24.6 Å². The maximum atomic E-state index is 12.3. The molecule has 2 aromatic rings. The van der Waals surface area contributed by atoms with Crippen LogP contribution in [-0.4, -0.2) is 23.5 Å². The van der Waals surface area contributed by atoms with Gasteiger partial charge in [0.15, 0.2) is 0 Å². The van der Waals surface area contributed by atoms with Gasteiger partial charge in [-0.15, -0.1) is 11.3 Å². The van der Waals surface area contributed by atoms with E-state index < -0.39 is 0 Å². The second-order valence-corrected chi connectivity index (χ2v) is 7.59. The minimum absolute atomic E-state index is 0.0379. The number of nitrogen functional groups attached to an aromatic ring is 1.